The zero-order chi connectivity index (χ0) is 10.3. The van der Waals surface area contributed by atoms with Crippen molar-refractivity contribution < 1.29 is 4.79 Å². The SMILES string of the molecule is CC1CCC2(N=C(N)NC2=O)C(C)C1. The molecule has 1 spiro atoms. The molecule has 4 heteroatoms. The molecule has 0 saturated heterocycles. The Morgan fingerprint density at radius 1 is 1.57 bits per heavy atom. The maximum Gasteiger partial charge on any atom is 0.254 e. The lowest BCUT2D eigenvalue weighted by atomic mass is 9.70. The van der Waals surface area contributed by atoms with Gasteiger partial charge in [0.05, 0.1) is 0 Å². The highest BCUT2D eigenvalue weighted by Crippen LogP contribution is 2.41. The van der Waals surface area contributed by atoms with Crippen LogP contribution in [0.15, 0.2) is 4.99 Å². The number of rotatable bonds is 0. The summed E-state index contributed by atoms with van der Waals surface area (Å²) in [5.41, 5.74) is 5.00. The lowest BCUT2D eigenvalue weighted by Crippen LogP contribution is -2.48. The summed E-state index contributed by atoms with van der Waals surface area (Å²) in [6.07, 6.45) is 2.96. The number of guanidine groups is 1. The molecule has 2 rings (SSSR count). The van der Waals surface area contributed by atoms with Gasteiger partial charge in [-0.05, 0) is 31.1 Å². The summed E-state index contributed by atoms with van der Waals surface area (Å²) in [7, 11) is 0. The van der Waals surface area contributed by atoms with Gasteiger partial charge in [-0.3, -0.25) is 10.1 Å². The quantitative estimate of drug-likeness (QED) is 0.595. The molecule has 3 N–H and O–H groups in total. The van der Waals surface area contributed by atoms with E-state index in [9.17, 15) is 4.79 Å². The highest BCUT2D eigenvalue weighted by molar-refractivity contribution is 6.06. The average molecular weight is 195 g/mol. The van der Waals surface area contributed by atoms with E-state index in [2.05, 4.69) is 24.2 Å². The Kier molecular flexibility index (Phi) is 2.01. The fourth-order valence-electron chi connectivity index (χ4n) is 2.65. The number of hydrogen-bond donors (Lipinski definition) is 2. The van der Waals surface area contributed by atoms with Gasteiger partial charge >= 0.3 is 0 Å². The third-order valence-corrected chi connectivity index (χ3v) is 3.54. The average Bonchev–Trinajstić information content (AvgIpc) is 2.37. The Morgan fingerprint density at radius 3 is 2.79 bits per heavy atom. The Morgan fingerprint density at radius 2 is 2.29 bits per heavy atom. The number of aliphatic imine (C=N–C) groups is 1. The van der Waals surface area contributed by atoms with Crippen LogP contribution in [0.3, 0.4) is 0 Å². The van der Waals surface area contributed by atoms with Crippen LogP contribution in [0, 0.1) is 11.8 Å². The Bertz CT molecular complexity index is 300. The van der Waals surface area contributed by atoms with Crippen LogP contribution in [0.5, 0.6) is 0 Å². The van der Waals surface area contributed by atoms with Crippen LogP contribution in [0.4, 0.5) is 0 Å². The first-order valence-electron chi connectivity index (χ1n) is 5.21. The molecule has 0 aromatic rings. The molecule has 0 radical (unpaired) electrons. The molecule has 1 saturated carbocycles. The molecule has 2 aliphatic rings. The first-order chi connectivity index (χ1) is 6.54. The van der Waals surface area contributed by atoms with Crippen LogP contribution < -0.4 is 11.1 Å². The molecule has 1 amide bonds. The van der Waals surface area contributed by atoms with Gasteiger partial charge in [0.1, 0.15) is 5.54 Å². The largest absolute Gasteiger partial charge is 0.370 e. The number of nitrogens with one attached hydrogen (secondary N) is 1. The van der Waals surface area contributed by atoms with E-state index in [1.165, 1.54) is 0 Å². The minimum atomic E-state index is -0.545. The molecule has 1 heterocycles. The zero-order valence-electron chi connectivity index (χ0n) is 8.71. The van der Waals surface area contributed by atoms with Crippen LogP contribution >= 0.6 is 0 Å². The summed E-state index contributed by atoms with van der Waals surface area (Å²) < 4.78 is 0. The summed E-state index contributed by atoms with van der Waals surface area (Å²) in [5, 5.41) is 2.61. The van der Waals surface area contributed by atoms with Gasteiger partial charge in [-0.25, -0.2) is 4.99 Å². The Balaban J connectivity index is 2.27. The fraction of sp³-hybridized carbons (Fsp3) is 0.800. The summed E-state index contributed by atoms with van der Waals surface area (Å²) in [6, 6.07) is 0. The highest BCUT2D eigenvalue weighted by atomic mass is 16.2. The van der Waals surface area contributed by atoms with Crippen molar-refractivity contribution in [2.75, 3.05) is 0 Å². The van der Waals surface area contributed by atoms with Gasteiger partial charge in [0.15, 0.2) is 5.96 Å². The van der Waals surface area contributed by atoms with Crippen molar-refractivity contribution in [1.29, 1.82) is 0 Å². The molecule has 1 aliphatic carbocycles. The van der Waals surface area contributed by atoms with Gasteiger partial charge in [0, 0.05) is 0 Å². The Hall–Kier alpha value is -1.06. The lowest BCUT2D eigenvalue weighted by Gasteiger charge is -2.37. The minimum absolute atomic E-state index is 0.00519. The molecule has 0 bridgehead atoms. The number of amides is 1. The lowest BCUT2D eigenvalue weighted by molar-refractivity contribution is -0.126. The maximum atomic E-state index is 11.8. The third kappa shape index (κ3) is 1.21. The Labute approximate surface area is 84.0 Å². The molecule has 14 heavy (non-hydrogen) atoms. The molecule has 3 atom stereocenters. The fourth-order valence-corrected chi connectivity index (χ4v) is 2.65. The van der Waals surface area contributed by atoms with E-state index in [1.54, 1.807) is 0 Å². The van der Waals surface area contributed by atoms with Crippen molar-refractivity contribution in [1.82, 2.24) is 5.32 Å². The van der Waals surface area contributed by atoms with Gasteiger partial charge in [0.25, 0.3) is 5.91 Å². The predicted octanol–water partition coefficient (Wildman–Crippen LogP) is 0.626. The summed E-state index contributed by atoms with van der Waals surface area (Å²) in [4.78, 5) is 16.1. The molecular weight excluding hydrogens is 178 g/mol. The molecule has 3 unspecified atom stereocenters. The summed E-state index contributed by atoms with van der Waals surface area (Å²) in [5.74, 6) is 1.28. The molecule has 1 aliphatic heterocycles. The highest BCUT2D eigenvalue weighted by Gasteiger charge is 2.49. The second-order valence-electron chi connectivity index (χ2n) is 4.66. The minimum Gasteiger partial charge on any atom is -0.370 e. The first kappa shape index (κ1) is 9.49. The predicted molar refractivity (Wildman–Crippen MR) is 54.7 cm³/mol. The van der Waals surface area contributed by atoms with Gasteiger partial charge in [0.2, 0.25) is 0 Å². The van der Waals surface area contributed by atoms with Crippen LogP contribution in [-0.4, -0.2) is 17.4 Å². The number of nitrogens with two attached hydrogens (primary N) is 1. The van der Waals surface area contributed by atoms with Gasteiger partial charge in [-0.1, -0.05) is 13.8 Å². The van der Waals surface area contributed by atoms with Crippen molar-refractivity contribution in [2.24, 2.45) is 22.6 Å². The topological polar surface area (TPSA) is 67.5 Å². The molecule has 0 aromatic carbocycles. The monoisotopic (exact) mass is 195 g/mol. The standard InChI is InChI=1S/C10H17N3O/c1-6-3-4-10(7(2)5-6)8(14)12-9(11)13-10/h6-7H,3-5H2,1-2H3,(H3,11,12,13,14). The molecular formula is C10H17N3O. The number of carbonyl (C=O) groups excluding carboxylic acids is 1. The van der Waals surface area contributed by atoms with E-state index in [1.807, 2.05) is 0 Å². The van der Waals surface area contributed by atoms with E-state index in [0.717, 1.165) is 19.3 Å². The van der Waals surface area contributed by atoms with Gasteiger partial charge < -0.3 is 5.73 Å². The van der Waals surface area contributed by atoms with Crippen molar-refractivity contribution >= 4 is 11.9 Å². The van der Waals surface area contributed by atoms with Crippen LogP contribution in [0.25, 0.3) is 0 Å². The van der Waals surface area contributed by atoms with Crippen LogP contribution in [0.2, 0.25) is 0 Å². The van der Waals surface area contributed by atoms with E-state index in [-0.39, 0.29) is 11.9 Å². The molecule has 78 valence electrons. The summed E-state index contributed by atoms with van der Waals surface area (Å²) in [6.45, 7) is 4.32. The van der Waals surface area contributed by atoms with E-state index < -0.39 is 5.54 Å². The first-order valence-corrected chi connectivity index (χ1v) is 5.21. The molecule has 1 fully saturated rings. The van der Waals surface area contributed by atoms with Gasteiger partial charge in [-0.2, -0.15) is 0 Å². The molecule has 4 nitrogen and oxygen atoms in total. The van der Waals surface area contributed by atoms with Crippen molar-refractivity contribution in [2.45, 2.75) is 38.6 Å². The van der Waals surface area contributed by atoms with Crippen LogP contribution in [-0.2, 0) is 4.79 Å². The van der Waals surface area contributed by atoms with Crippen molar-refractivity contribution in [3.63, 3.8) is 0 Å². The van der Waals surface area contributed by atoms with Gasteiger partial charge in [-0.15, -0.1) is 0 Å². The number of nitrogens with zero attached hydrogens (tertiary/aromatic N) is 1. The second-order valence-corrected chi connectivity index (χ2v) is 4.66. The van der Waals surface area contributed by atoms with Crippen molar-refractivity contribution in [3.05, 3.63) is 0 Å². The molecule has 0 aromatic heterocycles. The smallest absolute Gasteiger partial charge is 0.254 e. The van der Waals surface area contributed by atoms with E-state index >= 15 is 0 Å². The maximum absolute atomic E-state index is 11.8. The van der Waals surface area contributed by atoms with E-state index in [0.29, 0.717) is 11.8 Å². The second kappa shape index (κ2) is 2.97. The zero-order valence-corrected chi connectivity index (χ0v) is 8.71. The number of carbonyl (C=O) groups is 1. The number of hydrogen-bond acceptors (Lipinski definition) is 3. The van der Waals surface area contributed by atoms with E-state index in [4.69, 9.17) is 5.73 Å². The summed E-state index contributed by atoms with van der Waals surface area (Å²) >= 11 is 0. The third-order valence-electron chi connectivity index (χ3n) is 3.54. The van der Waals surface area contributed by atoms with Crippen molar-refractivity contribution in [3.8, 4) is 0 Å². The normalized spacial score (nSPS) is 42.4. The van der Waals surface area contributed by atoms with Crippen LogP contribution in [0.1, 0.15) is 33.1 Å².